The maximum Gasteiger partial charge on any atom is 0.349 e. The van der Waals surface area contributed by atoms with E-state index in [1.54, 1.807) is 0 Å². The zero-order chi connectivity index (χ0) is 10.4. The maximum atomic E-state index is 10.5. The zero-order valence-electron chi connectivity index (χ0n) is 7.74. The summed E-state index contributed by atoms with van der Waals surface area (Å²) in [5.74, 6) is -1.90. The Labute approximate surface area is 77.1 Å². The van der Waals surface area contributed by atoms with E-state index in [-0.39, 0.29) is 11.7 Å². The minimum atomic E-state index is -1.37. The molecule has 0 rings (SSSR count). The van der Waals surface area contributed by atoms with Gasteiger partial charge in [0.25, 0.3) is 0 Å². The molecule has 4 heteroatoms. The van der Waals surface area contributed by atoms with Gasteiger partial charge in [-0.3, -0.25) is 0 Å². The third-order valence-corrected chi connectivity index (χ3v) is 1.95. The van der Waals surface area contributed by atoms with Crippen LogP contribution < -0.4 is 0 Å². The monoisotopic (exact) mass is 183 g/mol. The fraction of sp³-hybridized carbons (Fsp3) is 0.556. The Hall–Kier alpha value is -1.50. The molecule has 0 aromatic carbocycles. The first-order chi connectivity index (χ1) is 6.08. The third-order valence-electron chi connectivity index (χ3n) is 1.95. The van der Waals surface area contributed by atoms with Crippen LogP contribution >= 0.6 is 0 Å². The second kappa shape index (κ2) is 5.20. The third kappa shape index (κ3) is 2.79. The SMILES string of the molecule is CCC(CC)C(O)=C(C#N)C(=O)O. The Kier molecular flexibility index (Phi) is 4.60. The molecule has 0 atom stereocenters. The molecular formula is C9H13NO3. The molecule has 0 saturated carbocycles. The standard InChI is InChI=1S/C9H13NO3/c1-3-6(4-2)8(11)7(5-10)9(12)13/h6,11H,3-4H2,1-2H3,(H,12,13). The number of hydrogen-bond acceptors (Lipinski definition) is 3. The highest BCUT2D eigenvalue weighted by Crippen LogP contribution is 2.19. The van der Waals surface area contributed by atoms with Crippen molar-refractivity contribution in [3.8, 4) is 6.07 Å². The quantitative estimate of drug-likeness (QED) is 0.396. The highest BCUT2D eigenvalue weighted by atomic mass is 16.4. The number of nitrogens with zero attached hydrogens (tertiary/aromatic N) is 1. The van der Waals surface area contributed by atoms with Gasteiger partial charge in [0, 0.05) is 5.92 Å². The fourth-order valence-electron chi connectivity index (χ4n) is 1.09. The van der Waals surface area contributed by atoms with Crippen molar-refractivity contribution in [2.45, 2.75) is 26.7 Å². The molecule has 0 aliphatic carbocycles. The number of nitriles is 1. The van der Waals surface area contributed by atoms with Gasteiger partial charge in [-0.15, -0.1) is 0 Å². The summed E-state index contributed by atoms with van der Waals surface area (Å²) in [4.78, 5) is 10.5. The summed E-state index contributed by atoms with van der Waals surface area (Å²) in [6.07, 6.45) is 1.25. The van der Waals surface area contributed by atoms with Gasteiger partial charge in [0.1, 0.15) is 11.8 Å². The van der Waals surface area contributed by atoms with Gasteiger partial charge in [0.2, 0.25) is 0 Å². The number of hydrogen-bond donors (Lipinski definition) is 2. The smallest absolute Gasteiger partial charge is 0.349 e. The van der Waals surface area contributed by atoms with E-state index in [2.05, 4.69) is 0 Å². The average molecular weight is 183 g/mol. The van der Waals surface area contributed by atoms with Crippen molar-refractivity contribution in [3.63, 3.8) is 0 Å². The van der Waals surface area contributed by atoms with Gasteiger partial charge in [-0.2, -0.15) is 5.26 Å². The van der Waals surface area contributed by atoms with Crippen molar-refractivity contribution in [3.05, 3.63) is 11.3 Å². The van der Waals surface area contributed by atoms with Crippen LogP contribution in [0.4, 0.5) is 0 Å². The van der Waals surface area contributed by atoms with Crippen LogP contribution in [0.1, 0.15) is 26.7 Å². The number of aliphatic carboxylic acids is 1. The van der Waals surface area contributed by atoms with Crippen LogP contribution in [-0.2, 0) is 4.79 Å². The molecule has 72 valence electrons. The molecule has 0 radical (unpaired) electrons. The van der Waals surface area contributed by atoms with Gasteiger partial charge in [0.15, 0.2) is 5.57 Å². The van der Waals surface area contributed by atoms with Crippen LogP contribution in [-0.4, -0.2) is 16.2 Å². The molecule has 2 N–H and O–H groups in total. The molecule has 0 aliphatic rings. The summed E-state index contributed by atoms with van der Waals surface area (Å²) >= 11 is 0. The molecule has 0 aromatic rings. The summed E-state index contributed by atoms with van der Waals surface area (Å²) in [6, 6.07) is 1.48. The first kappa shape index (κ1) is 11.5. The number of carbonyl (C=O) groups is 1. The van der Waals surface area contributed by atoms with Crippen LogP contribution in [0.15, 0.2) is 11.3 Å². The predicted octanol–water partition coefficient (Wildman–Crippen LogP) is 1.84. The van der Waals surface area contributed by atoms with Gasteiger partial charge >= 0.3 is 5.97 Å². The lowest BCUT2D eigenvalue weighted by Gasteiger charge is -2.11. The van der Waals surface area contributed by atoms with Gasteiger partial charge in [-0.05, 0) is 12.8 Å². The number of aliphatic hydroxyl groups excluding tert-OH is 1. The molecule has 0 aliphatic heterocycles. The van der Waals surface area contributed by atoms with Crippen molar-refractivity contribution >= 4 is 5.97 Å². The molecular weight excluding hydrogens is 170 g/mol. The number of rotatable bonds is 4. The van der Waals surface area contributed by atoms with Gasteiger partial charge < -0.3 is 10.2 Å². The largest absolute Gasteiger partial charge is 0.510 e. The first-order valence-electron chi connectivity index (χ1n) is 4.14. The van der Waals surface area contributed by atoms with Crippen LogP contribution in [0, 0.1) is 17.2 Å². The highest BCUT2D eigenvalue weighted by Gasteiger charge is 2.19. The summed E-state index contributed by atoms with van der Waals surface area (Å²) < 4.78 is 0. The van der Waals surface area contributed by atoms with Gasteiger partial charge in [0.05, 0.1) is 0 Å². The van der Waals surface area contributed by atoms with E-state index in [1.807, 2.05) is 13.8 Å². The fourth-order valence-corrected chi connectivity index (χ4v) is 1.09. The minimum absolute atomic E-state index is 0.231. The van der Waals surface area contributed by atoms with E-state index in [1.165, 1.54) is 6.07 Å². The Morgan fingerprint density at radius 3 is 2.08 bits per heavy atom. The molecule has 0 amide bonds. The molecule has 0 unspecified atom stereocenters. The van der Waals surface area contributed by atoms with Crippen molar-refractivity contribution in [1.82, 2.24) is 0 Å². The van der Waals surface area contributed by atoms with Crippen LogP contribution in [0.5, 0.6) is 0 Å². The molecule has 0 heterocycles. The van der Waals surface area contributed by atoms with E-state index in [0.29, 0.717) is 12.8 Å². The van der Waals surface area contributed by atoms with Crippen LogP contribution in [0.25, 0.3) is 0 Å². The van der Waals surface area contributed by atoms with Crippen molar-refractivity contribution in [1.29, 1.82) is 5.26 Å². The maximum absolute atomic E-state index is 10.5. The topological polar surface area (TPSA) is 81.3 Å². The lowest BCUT2D eigenvalue weighted by molar-refractivity contribution is -0.132. The van der Waals surface area contributed by atoms with E-state index >= 15 is 0 Å². The normalized spacial score (nSPS) is 12.2. The predicted molar refractivity (Wildman–Crippen MR) is 47.0 cm³/mol. The van der Waals surface area contributed by atoms with E-state index < -0.39 is 11.5 Å². The lowest BCUT2D eigenvalue weighted by atomic mass is 9.98. The molecule has 13 heavy (non-hydrogen) atoms. The van der Waals surface area contributed by atoms with Crippen LogP contribution in [0.2, 0.25) is 0 Å². The van der Waals surface area contributed by atoms with Crippen molar-refractivity contribution < 1.29 is 15.0 Å². The Morgan fingerprint density at radius 2 is 1.85 bits per heavy atom. The molecule has 0 aromatic heterocycles. The average Bonchev–Trinajstić information content (AvgIpc) is 2.07. The number of allylic oxidation sites excluding steroid dienone is 1. The number of carboxylic acid groups (broad SMARTS) is 1. The van der Waals surface area contributed by atoms with E-state index in [0.717, 1.165) is 0 Å². The van der Waals surface area contributed by atoms with Gasteiger partial charge in [-0.1, -0.05) is 13.8 Å². The summed E-state index contributed by atoms with van der Waals surface area (Å²) in [7, 11) is 0. The minimum Gasteiger partial charge on any atom is -0.510 e. The lowest BCUT2D eigenvalue weighted by Crippen LogP contribution is -2.09. The summed E-state index contributed by atoms with van der Waals surface area (Å²) in [6.45, 7) is 3.67. The Balaban J connectivity index is 4.96. The first-order valence-corrected chi connectivity index (χ1v) is 4.14. The van der Waals surface area contributed by atoms with Crippen LogP contribution in [0.3, 0.4) is 0 Å². The molecule has 0 fully saturated rings. The van der Waals surface area contributed by atoms with Crippen molar-refractivity contribution in [2.75, 3.05) is 0 Å². The second-order valence-corrected chi connectivity index (χ2v) is 2.69. The highest BCUT2D eigenvalue weighted by molar-refractivity contribution is 5.91. The Morgan fingerprint density at radius 1 is 1.38 bits per heavy atom. The number of aliphatic hydroxyl groups is 1. The second-order valence-electron chi connectivity index (χ2n) is 2.69. The Bertz CT molecular complexity index is 259. The molecule has 0 saturated heterocycles. The van der Waals surface area contributed by atoms with Crippen molar-refractivity contribution in [2.24, 2.45) is 5.92 Å². The summed E-state index contributed by atoms with van der Waals surface area (Å²) in [5, 5.41) is 26.4. The van der Waals surface area contributed by atoms with E-state index in [4.69, 9.17) is 10.4 Å². The van der Waals surface area contributed by atoms with Gasteiger partial charge in [-0.25, -0.2) is 4.79 Å². The zero-order valence-corrected chi connectivity index (χ0v) is 7.74. The molecule has 0 bridgehead atoms. The molecule has 4 nitrogen and oxygen atoms in total. The molecule has 0 spiro atoms. The number of carboxylic acids is 1. The van der Waals surface area contributed by atoms with E-state index in [9.17, 15) is 9.90 Å². The summed E-state index contributed by atoms with van der Waals surface area (Å²) in [5.41, 5.74) is -0.547.